The average Bonchev–Trinajstić information content (AvgIpc) is 2.52. The SMILES string of the molecule is CCN(c1cccc(C)c1C)S(=O)(=O)c1ccc(NC(C)=O)cc1. The number of aryl methyl sites for hydroxylation is 1. The lowest BCUT2D eigenvalue weighted by atomic mass is 10.1. The molecule has 0 saturated carbocycles. The van der Waals surface area contributed by atoms with Gasteiger partial charge in [0.2, 0.25) is 5.91 Å². The third-order valence-corrected chi connectivity index (χ3v) is 5.80. The molecule has 0 fully saturated rings. The molecule has 2 rings (SSSR count). The van der Waals surface area contributed by atoms with E-state index in [2.05, 4.69) is 5.32 Å². The van der Waals surface area contributed by atoms with E-state index in [1.54, 1.807) is 12.1 Å². The van der Waals surface area contributed by atoms with Crippen molar-refractivity contribution in [3.63, 3.8) is 0 Å². The van der Waals surface area contributed by atoms with Crippen molar-refractivity contribution in [3.05, 3.63) is 53.6 Å². The van der Waals surface area contributed by atoms with Gasteiger partial charge in [-0.25, -0.2) is 8.42 Å². The Morgan fingerprint density at radius 3 is 2.25 bits per heavy atom. The third kappa shape index (κ3) is 3.59. The van der Waals surface area contributed by atoms with Crippen molar-refractivity contribution in [2.24, 2.45) is 0 Å². The highest BCUT2D eigenvalue weighted by atomic mass is 32.2. The van der Waals surface area contributed by atoms with Crippen molar-refractivity contribution >= 4 is 27.3 Å². The van der Waals surface area contributed by atoms with Crippen LogP contribution < -0.4 is 9.62 Å². The molecule has 0 aliphatic rings. The monoisotopic (exact) mass is 346 g/mol. The molecule has 0 saturated heterocycles. The van der Waals surface area contributed by atoms with Gasteiger partial charge in [-0.1, -0.05) is 12.1 Å². The number of rotatable bonds is 5. The summed E-state index contributed by atoms with van der Waals surface area (Å²) in [5, 5.41) is 2.63. The van der Waals surface area contributed by atoms with Gasteiger partial charge in [-0.3, -0.25) is 9.10 Å². The Labute approximate surface area is 143 Å². The molecule has 0 bridgehead atoms. The Morgan fingerprint density at radius 1 is 1.08 bits per heavy atom. The van der Waals surface area contributed by atoms with Crippen molar-refractivity contribution in [1.29, 1.82) is 0 Å². The van der Waals surface area contributed by atoms with Crippen molar-refractivity contribution in [3.8, 4) is 0 Å². The normalized spacial score (nSPS) is 11.2. The van der Waals surface area contributed by atoms with E-state index in [9.17, 15) is 13.2 Å². The van der Waals surface area contributed by atoms with E-state index in [0.717, 1.165) is 11.1 Å². The highest BCUT2D eigenvalue weighted by Gasteiger charge is 2.25. The summed E-state index contributed by atoms with van der Waals surface area (Å²) in [6.07, 6.45) is 0. The minimum atomic E-state index is -3.67. The molecule has 0 aliphatic heterocycles. The van der Waals surface area contributed by atoms with Gasteiger partial charge in [0.15, 0.2) is 0 Å². The molecule has 0 aliphatic carbocycles. The Balaban J connectivity index is 2.43. The fourth-order valence-corrected chi connectivity index (χ4v) is 4.05. The van der Waals surface area contributed by atoms with E-state index in [0.29, 0.717) is 17.9 Å². The molecule has 0 unspecified atom stereocenters. The minimum Gasteiger partial charge on any atom is -0.326 e. The molecule has 6 heteroatoms. The van der Waals surface area contributed by atoms with Crippen LogP contribution >= 0.6 is 0 Å². The summed E-state index contributed by atoms with van der Waals surface area (Å²) in [6.45, 7) is 7.43. The Morgan fingerprint density at radius 2 is 1.71 bits per heavy atom. The number of carbonyl (C=O) groups excluding carboxylic acids is 1. The van der Waals surface area contributed by atoms with Gasteiger partial charge < -0.3 is 5.32 Å². The van der Waals surface area contributed by atoms with E-state index in [4.69, 9.17) is 0 Å². The summed E-state index contributed by atoms with van der Waals surface area (Å²) >= 11 is 0. The zero-order chi connectivity index (χ0) is 17.9. The maximum atomic E-state index is 13.0. The summed E-state index contributed by atoms with van der Waals surface area (Å²) in [7, 11) is -3.67. The molecule has 0 radical (unpaired) electrons. The van der Waals surface area contributed by atoms with E-state index < -0.39 is 10.0 Å². The highest BCUT2D eigenvalue weighted by Crippen LogP contribution is 2.28. The number of benzene rings is 2. The van der Waals surface area contributed by atoms with E-state index in [1.165, 1.54) is 23.4 Å². The number of nitrogens with one attached hydrogen (secondary N) is 1. The summed E-state index contributed by atoms with van der Waals surface area (Å²) in [4.78, 5) is 11.3. The molecule has 0 atom stereocenters. The van der Waals surface area contributed by atoms with Gasteiger partial charge in [-0.15, -0.1) is 0 Å². The lowest BCUT2D eigenvalue weighted by Crippen LogP contribution is -2.31. The smallest absolute Gasteiger partial charge is 0.264 e. The summed E-state index contributed by atoms with van der Waals surface area (Å²) in [6, 6.07) is 11.8. The summed E-state index contributed by atoms with van der Waals surface area (Å²) < 4.78 is 27.4. The van der Waals surface area contributed by atoms with Crippen LogP contribution in [-0.2, 0) is 14.8 Å². The van der Waals surface area contributed by atoms with Gasteiger partial charge in [-0.2, -0.15) is 0 Å². The number of hydrogen-bond donors (Lipinski definition) is 1. The molecule has 0 heterocycles. The van der Waals surface area contributed by atoms with Crippen LogP contribution in [0.3, 0.4) is 0 Å². The number of amides is 1. The minimum absolute atomic E-state index is 0.194. The predicted molar refractivity (Wildman–Crippen MR) is 96.9 cm³/mol. The van der Waals surface area contributed by atoms with Gasteiger partial charge in [0.1, 0.15) is 0 Å². The van der Waals surface area contributed by atoms with Crippen molar-refractivity contribution in [2.45, 2.75) is 32.6 Å². The van der Waals surface area contributed by atoms with Crippen LogP contribution in [0.15, 0.2) is 47.4 Å². The Hall–Kier alpha value is -2.34. The maximum Gasteiger partial charge on any atom is 0.264 e. The fraction of sp³-hybridized carbons (Fsp3) is 0.278. The standard InChI is InChI=1S/C18H22N2O3S/c1-5-20(18-8-6-7-13(2)14(18)3)24(22,23)17-11-9-16(10-12-17)19-15(4)21/h6-12H,5H2,1-4H3,(H,19,21). The Kier molecular flexibility index (Phi) is 5.29. The first-order valence-corrected chi connectivity index (χ1v) is 9.18. The zero-order valence-corrected chi connectivity index (χ0v) is 15.1. The van der Waals surface area contributed by atoms with E-state index in [1.807, 2.05) is 39.0 Å². The second-order valence-corrected chi connectivity index (χ2v) is 7.46. The zero-order valence-electron chi connectivity index (χ0n) is 14.3. The summed E-state index contributed by atoms with van der Waals surface area (Å²) in [5.74, 6) is -0.198. The van der Waals surface area contributed by atoms with Crippen LogP contribution in [0, 0.1) is 13.8 Å². The van der Waals surface area contributed by atoms with Gasteiger partial charge in [0.25, 0.3) is 10.0 Å². The molecular formula is C18H22N2O3S. The third-order valence-electron chi connectivity index (χ3n) is 3.89. The van der Waals surface area contributed by atoms with Crippen LogP contribution in [0.5, 0.6) is 0 Å². The van der Waals surface area contributed by atoms with Crippen LogP contribution in [0.25, 0.3) is 0 Å². The van der Waals surface area contributed by atoms with Crippen LogP contribution in [0.1, 0.15) is 25.0 Å². The number of hydrogen-bond acceptors (Lipinski definition) is 3. The first-order valence-electron chi connectivity index (χ1n) is 7.74. The average molecular weight is 346 g/mol. The summed E-state index contributed by atoms with van der Waals surface area (Å²) in [5.41, 5.74) is 3.24. The number of anilines is 2. The maximum absolute atomic E-state index is 13.0. The lowest BCUT2D eigenvalue weighted by molar-refractivity contribution is -0.114. The van der Waals surface area contributed by atoms with Gasteiger partial charge in [-0.05, 0) is 62.2 Å². The quantitative estimate of drug-likeness (QED) is 0.901. The van der Waals surface area contributed by atoms with Crippen molar-refractivity contribution in [2.75, 3.05) is 16.2 Å². The van der Waals surface area contributed by atoms with E-state index >= 15 is 0 Å². The number of sulfonamides is 1. The first-order chi connectivity index (χ1) is 11.3. The van der Waals surface area contributed by atoms with Crippen LogP contribution in [0.2, 0.25) is 0 Å². The molecule has 2 aromatic carbocycles. The predicted octanol–water partition coefficient (Wildman–Crippen LogP) is 3.48. The largest absolute Gasteiger partial charge is 0.326 e. The van der Waals surface area contributed by atoms with Crippen LogP contribution in [-0.4, -0.2) is 20.9 Å². The van der Waals surface area contributed by atoms with Gasteiger partial charge in [0.05, 0.1) is 10.6 Å². The molecule has 0 aromatic heterocycles. The van der Waals surface area contributed by atoms with Gasteiger partial charge in [0, 0.05) is 19.2 Å². The second-order valence-electron chi connectivity index (χ2n) is 5.59. The fourth-order valence-electron chi connectivity index (χ4n) is 2.52. The molecule has 1 amide bonds. The highest BCUT2D eigenvalue weighted by molar-refractivity contribution is 7.92. The molecule has 128 valence electrons. The second kappa shape index (κ2) is 7.05. The number of carbonyl (C=O) groups is 1. The van der Waals surface area contributed by atoms with E-state index in [-0.39, 0.29) is 10.8 Å². The lowest BCUT2D eigenvalue weighted by Gasteiger charge is -2.25. The topological polar surface area (TPSA) is 66.5 Å². The Bertz CT molecular complexity index is 843. The number of nitrogens with zero attached hydrogens (tertiary/aromatic N) is 1. The molecule has 5 nitrogen and oxygen atoms in total. The molecule has 24 heavy (non-hydrogen) atoms. The van der Waals surface area contributed by atoms with Gasteiger partial charge >= 0.3 is 0 Å². The molecule has 1 N–H and O–H groups in total. The van der Waals surface area contributed by atoms with Crippen molar-refractivity contribution < 1.29 is 13.2 Å². The molecular weight excluding hydrogens is 324 g/mol. The molecule has 0 spiro atoms. The molecule has 2 aromatic rings. The van der Waals surface area contributed by atoms with Crippen molar-refractivity contribution in [1.82, 2.24) is 0 Å². The first kappa shape index (κ1) is 18.0. The van der Waals surface area contributed by atoms with Crippen LogP contribution in [0.4, 0.5) is 11.4 Å².